The highest BCUT2D eigenvalue weighted by atomic mass is 16.7. The Morgan fingerprint density at radius 3 is 2.73 bits per heavy atom. The first-order chi connectivity index (χ1) is 14.5. The number of hydrogen-bond donors (Lipinski definition) is 1. The van der Waals surface area contributed by atoms with Crippen LogP contribution in [0.1, 0.15) is 91.4 Å². The summed E-state index contributed by atoms with van der Waals surface area (Å²) < 4.78 is 12.3. The van der Waals surface area contributed by atoms with E-state index in [0.29, 0.717) is 22.9 Å². The van der Waals surface area contributed by atoms with Gasteiger partial charge in [0.1, 0.15) is 0 Å². The molecule has 5 rings (SSSR count). The highest BCUT2D eigenvalue weighted by Gasteiger charge is 2.59. The Bertz CT molecular complexity index is 655. The van der Waals surface area contributed by atoms with Gasteiger partial charge in [0.15, 0.2) is 6.29 Å². The van der Waals surface area contributed by atoms with Crippen LogP contribution < -0.4 is 5.73 Å². The summed E-state index contributed by atoms with van der Waals surface area (Å²) in [6, 6.07) is 0. The molecule has 3 saturated carbocycles. The first-order valence-electron chi connectivity index (χ1n) is 13.1. The zero-order valence-electron chi connectivity index (χ0n) is 19.7. The van der Waals surface area contributed by atoms with Gasteiger partial charge in [0, 0.05) is 6.61 Å². The molecule has 170 valence electrons. The van der Waals surface area contributed by atoms with Crippen molar-refractivity contribution >= 4 is 0 Å². The van der Waals surface area contributed by atoms with E-state index < -0.39 is 0 Å². The second kappa shape index (κ2) is 8.19. The van der Waals surface area contributed by atoms with Crippen LogP contribution in [0.4, 0.5) is 0 Å². The fourth-order valence-electron chi connectivity index (χ4n) is 8.92. The van der Waals surface area contributed by atoms with Crippen molar-refractivity contribution in [1.82, 2.24) is 0 Å². The number of fused-ring (bicyclic) bond motifs is 5. The SMILES string of the molecule is C[C@H](CN)C1CCC2C3CC=C4C[C@@H](OC5CCCCO5)CC[C@]4(C)C3CC[C@@]21C. The van der Waals surface area contributed by atoms with Crippen LogP contribution in [0.2, 0.25) is 0 Å². The van der Waals surface area contributed by atoms with Gasteiger partial charge in [-0.05, 0) is 118 Å². The Hall–Kier alpha value is -0.380. The lowest BCUT2D eigenvalue weighted by Gasteiger charge is -2.58. The predicted molar refractivity (Wildman–Crippen MR) is 122 cm³/mol. The summed E-state index contributed by atoms with van der Waals surface area (Å²) in [6.45, 7) is 9.39. The van der Waals surface area contributed by atoms with Crippen LogP contribution in [-0.2, 0) is 9.47 Å². The summed E-state index contributed by atoms with van der Waals surface area (Å²) >= 11 is 0. The average molecular weight is 416 g/mol. The van der Waals surface area contributed by atoms with Gasteiger partial charge in [-0.15, -0.1) is 0 Å². The van der Waals surface area contributed by atoms with E-state index >= 15 is 0 Å². The summed E-state index contributed by atoms with van der Waals surface area (Å²) in [5.74, 6) is 4.21. The quantitative estimate of drug-likeness (QED) is 0.567. The molecule has 4 fully saturated rings. The summed E-state index contributed by atoms with van der Waals surface area (Å²) in [4.78, 5) is 0. The van der Waals surface area contributed by atoms with Gasteiger partial charge in [-0.1, -0.05) is 32.4 Å². The van der Waals surface area contributed by atoms with Crippen molar-refractivity contribution in [3.8, 4) is 0 Å². The van der Waals surface area contributed by atoms with Gasteiger partial charge in [-0.2, -0.15) is 0 Å². The highest BCUT2D eigenvalue weighted by Crippen LogP contribution is 2.67. The Balaban J connectivity index is 1.31. The van der Waals surface area contributed by atoms with Gasteiger partial charge in [0.2, 0.25) is 0 Å². The molecule has 5 aliphatic rings. The number of rotatable bonds is 4. The van der Waals surface area contributed by atoms with Crippen molar-refractivity contribution in [3.63, 3.8) is 0 Å². The fraction of sp³-hybridized carbons (Fsp3) is 0.926. The maximum absolute atomic E-state index is 6.43. The first-order valence-corrected chi connectivity index (χ1v) is 13.1. The van der Waals surface area contributed by atoms with Crippen molar-refractivity contribution in [2.75, 3.05) is 13.2 Å². The second-order valence-corrected chi connectivity index (χ2v) is 12.0. The fourth-order valence-corrected chi connectivity index (χ4v) is 8.92. The molecule has 0 aromatic carbocycles. The van der Waals surface area contributed by atoms with Crippen LogP contribution in [-0.4, -0.2) is 25.5 Å². The smallest absolute Gasteiger partial charge is 0.157 e. The molecule has 2 N–H and O–H groups in total. The second-order valence-electron chi connectivity index (χ2n) is 12.0. The van der Waals surface area contributed by atoms with Crippen LogP contribution in [0.25, 0.3) is 0 Å². The molecule has 0 aromatic heterocycles. The standard InChI is InChI=1S/C27H45NO2/c1-18(17-28)22-9-10-23-21-8-7-19-16-20(30-25-6-4-5-15-29-25)11-13-26(19,2)24(21)12-14-27(22,23)3/h7,18,20-25H,4-6,8-17,28H2,1-3H3/t18-,20+,21?,22?,23?,24?,25?,26+,27-/m1/s1. The zero-order chi connectivity index (χ0) is 20.9. The van der Waals surface area contributed by atoms with Crippen LogP contribution in [0.3, 0.4) is 0 Å². The number of allylic oxidation sites excluding steroid dienone is 1. The molecule has 0 aromatic rings. The van der Waals surface area contributed by atoms with E-state index in [9.17, 15) is 0 Å². The van der Waals surface area contributed by atoms with Gasteiger partial charge >= 0.3 is 0 Å². The van der Waals surface area contributed by atoms with E-state index in [4.69, 9.17) is 15.2 Å². The van der Waals surface area contributed by atoms with Crippen molar-refractivity contribution in [1.29, 1.82) is 0 Å². The van der Waals surface area contributed by atoms with E-state index in [1.807, 2.05) is 0 Å². The first kappa shape index (κ1) is 21.5. The molecule has 0 radical (unpaired) electrons. The van der Waals surface area contributed by atoms with Gasteiger partial charge in [0.25, 0.3) is 0 Å². The minimum Gasteiger partial charge on any atom is -0.353 e. The zero-order valence-corrected chi connectivity index (χ0v) is 19.7. The third kappa shape index (κ3) is 3.42. The molecule has 0 amide bonds. The molecule has 1 heterocycles. The molecule has 0 bridgehead atoms. The highest BCUT2D eigenvalue weighted by molar-refractivity contribution is 5.25. The van der Waals surface area contributed by atoms with E-state index in [-0.39, 0.29) is 6.29 Å². The molecule has 30 heavy (non-hydrogen) atoms. The lowest BCUT2D eigenvalue weighted by Crippen LogP contribution is -2.51. The Labute approximate surface area is 184 Å². The maximum atomic E-state index is 6.43. The van der Waals surface area contributed by atoms with Crippen LogP contribution >= 0.6 is 0 Å². The van der Waals surface area contributed by atoms with Gasteiger partial charge in [0.05, 0.1) is 6.10 Å². The molecular weight excluding hydrogens is 370 g/mol. The summed E-state index contributed by atoms with van der Waals surface area (Å²) in [6.07, 6.45) is 17.3. The van der Waals surface area contributed by atoms with E-state index in [2.05, 4.69) is 26.8 Å². The lowest BCUT2D eigenvalue weighted by atomic mass is 9.47. The van der Waals surface area contributed by atoms with Gasteiger partial charge in [-0.25, -0.2) is 0 Å². The van der Waals surface area contributed by atoms with Gasteiger partial charge < -0.3 is 15.2 Å². The number of hydrogen-bond acceptors (Lipinski definition) is 3. The number of nitrogens with two attached hydrogens (primary N) is 1. The molecule has 3 nitrogen and oxygen atoms in total. The lowest BCUT2D eigenvalue weighted by molar-refractivity contribution is -0.195. The predicted octanol–water partition coefficient (Wildman–Crippen LogP) is 6.07. The van der Waals surface area contributed by atoms with Crippen molar-refractivity contribution < 1.29 is 9.47 Å². The van der Waals surface area contributed by atoms with Crippen LogP contribution in [0, 0.1) is 40.4 Å². The largest absolute Gasteiger partial charge is 0.353 e. The molecule has 5 unspecified atom stereocenters. The molecule has 3 heteroatoms. The third-order valence-corrected chi connectivity index (χ3v) is 10.7. The summed E-state index contributed by atoms with van der Waals surface area (Å²) in [7, 11) is 0. The Morgan fingerprint density at radius 2 is 1.97 bits per heavy atom. The van der Waals surface area contributed by atoms with Crippen molar-refractivity contribution in [3.05, 3.63) is 11.6 Å². The Morgan fingerprint density at radius 1 is 1.10 bits per heavy atom. The van der Waals surface area contributed by atoms with Crippen LogP contribution in [0.15, 0.2) is 11.6 Å². The number of ether oxygens (including phenoxy) is 2. The minimum absolute atomic E-state index is 0.0559. The van der Waals surface area contributed by atoms with Crippen molar-refractivity contribution in [2.24, 2.45) is 46.2 Å². The monoisotopic (exact) mass is 415 g/mol. The Kier molecular flexibility index (Phi) is 5.86. The molecule has 1 aliphatic heterocycles. The van der Waals surface area contributed by atoms with Crippen molar-refractivity contribution in [2.45, 2.75) is 104 Å². The van der Waals surface area contributed by atoms with Gasteiger partial charge in [-0.3, -0.25) is 0 Å². The molecule has 9 atom stereocenters. The summed E-state index contributed by atoms with van der Waals surface area (Å²) in [5, 5.41) is 0. The molecule has 0 spiro atoms. The third-order valence-electron chi connectivity index (χ3n) is 10.7. The average Bonchev–Trinajstić information content (AvgIpc) is 3.11. The topological polar surface area (TPSA) is 44.5 Å². The maximum Gasteiger partial charge on any atom is 0.157 e. The molecule has 1 saturated heterocycles. The molecular formula is C27H45NO2. The van der Waals surface area contributed by atoms with E-state index in [1.54, 1.807) is 5.57 Å². The normalized spacial score (nSPS) is 49.5. The summed E-state index contributed by atoms with van der Waals surface area (Å²) in [5.41, 5.74) is 8.79. The molecule has 4 aliphatic carbocycles. The van der Waals surface area contributed by atoms with E-state index in [0.717, 1.165) is 49.7 Å². The van der Waals surface area contributed by atoms with Crippen LogP contribution in [0.5, 0.6) is 0 Å². The van der Waals surface area contributed by atoms with E-state index in [1.165, 1.54) is 57.8 Å². The minimum atomic E-state index is 0.0559.